The van der Waals surface area contributed by atoms with E-state index in [2.05, 4.69) is 10.1 Å². The maximum Gasteiger partial charge on any atom is 0.288 e. The molecular formula is C13H16N4O5. The van der Waals surface area contributed by atoms with Crippen molar-refractivity contribution in [2.45, 2.75) is 33.4 Å². The van der Waals surface area contributed by atoms with Crippen LogP contribution in [0.1, 0.15) is 37.2 Å². The van der Waals surface area contributed by atoms with Crippen LogP contribution in [0.4, 0.5) is 5.69 Å². The molecule has 0 fully saturated rings. The van der Waals surface area contributed by atoms with E-state index in [1.54, 1.807) is 6.92 Å². The largest absolute Gasteiger partial charge is 0.371 e. The van der Waals surface area contributed by atoms with E-state index in [0.29, 0.717) is 18.0 Å². The molecular weight excluding hydrogens is 292 g/mol. The van der Waals surface area contributed by atoms with Crippen LogP contribution in [0.15, 0.2) is 21.6 Å². The Morgan fingerprint density at radius 3 is 2.91 bits per heavy atom. The van der Waals surface area contributed by atoms with Gasteiger partial charge in [-0.2, -0.15) is 4.98 Å². The summed E-state index contributed by atoms with van der Waals surface area (Å²) in [5.74, 6) is 0.549. The molecule has 2 aromatic rings. The van der Waals surface area contributed by atoms with E-state index in [1.165, 1.54) is 19.2 Å². The SMILES string of the molecule is CCOC(C)c1noc(Cn2cc([N+](=O)[O-])c(C)cc2=O)n1. The summed E-state index contributed by atoms with van der Waals surface area (Å²) in [5, 5.41) is 14.7. The molecule has 0 spiro atoms. The lowest BCUT2D eigenvalue weighted by Crippen LogP contribution is -2.20. The van der Waals surface area contributed by atoms with Gasteiger partial charge in [0.15, 0.2) is 5.82 Å². The van der Waals surface area contributed by atoms with Crippen LogP contribution >= 0.6 is 0 Å². The molecule has 2 heterocycles. The summed E-state index contributed by atoms with van der Waals surface area (Å²) in [6.45, 7) is 5.61. The summed E-state index contributed by atoms with van der Waals surface area (Å²) < 4.78 is 11.6. The van der Waals surface area contributed by atoms with Crippen molar-refractivity contribution in [2.24, 2.45) is 0 Å². The summed E-state index contributed by atoms with van der Waals surface area (Å²) in [5.41, 5.74) is -0.204. The normalized spacial score (nSPS) is 12.3. The van der Waals surface area contributed by atoms with Crippen molar-refractivity contribution in [2.75, 3.05) is 6.61 Å². The maximum absolute atomic E-state index is 11.9. The van der Waals surface area contributed by atoms with Gasteiger partial charge in [0.1, 0.15) is 12.6 Å². The third-order valence-electron chi connectivity index (χ3n) is 3.07. The van der Waals surface area contributed by atoms with E-state index >= 15 is 0 Å². The molecule has 0 saturated heterocycles. The highest BCUT2D eigenvalue weighted by Gasteiger charge is 2.17. The molecule has 1 atom stereocenters. The van der Waals surface area contributed by atoms with Crippen molar-refractivity contribution >= 4 is 5.69 Å². The molecule has 0 aliphatic rings. The van der Waals surface area contributed by atoms with Crippen LogP contribution < -0.4 is 5.56 Å². The predicted molar refractivity (Wildman–Crippen MR) is 75.5 cm³/mol. The quantitative estimate of drug-likeness (QED) is 0.588. The Bertz CT molecular complexity index is 736. The lowest BCUT2D eigenvalue weighted by molar-refractivity contribution is -0.385. The van der Waals surface area contributed by atoms with Crippen LogP contribution in [0.3, 0.4) is 0 Å². The Labute approximate surface area is 125 Å². The van der Waals surface area contributed by atoms with E-state index in [4.69, 9.17) is 9.26 Å². The zero-order valence-corrected chi connectivity index (χ0v) is 12.5. The molecule has 0 aliphatic carbocycles. The number of aryl methyl sites for hydroxylation is 1. The van der Waals surface area contributed by atoms with Gasteiger partial charge in [-0.05, 0) is 20.8 Å². The van der Waals surface area contributed by atoms with Crippen LogP contribution in [0, 0.1) is 17.0 Å². The third-order valence-corrected chi connectivity index (χ3v) is 3.07. The molecule has 0 aromatic carbocycles. The Morgan fingerprint density at radius 1 is 1.55 bits per heavy atom. The fourth-order valence-electron chi connectivity index (χ4n) is 1.94. The molecule has 0 radical (unpaired) electrons. The standard InChI is InChI=1S/C13H16N4O5/c1-4-21-9(3)13-14-11(22-15-13)7-16-6-10(17(19)20)8(2)5-12(16)18/h5-6,9H,4,7H2,1-3H3. The molecule has 9 heteroatoms. The first kappa shape index (κ1) is 15.8. The van der Waals surface area contributed by atoms with Crippen molar-refractivity contribution in [3.8, 4) is 0 Å². The second-order valence-corrected chi connectivity index (χ2v) is 4.71. The van der Waals surface area contributed by atoms with E-state index in [0.717, 1.165) is 4.57 Å². The lowest BCUT2D eigenvalue weighted by Gasteiger charge is -2.05. The van der Waals surface area contributed by atoms with Crippen molar-refractivity contribution in [1.29, 1.82) is 0 Å². The van der Waals surface area contributed by atoms with Crippen molar-refractivity contribution in [3.05, 3.63) is 50.0 Å². The molecule has 0 aliphatic heterocycles. The Hall–Kier alpha value is -2.55. The second-order valence-electron chi connectivity index (χ2n) is 4.71. The number of nitro groups is 1. The zero-order chi connectivity index (χ0) is 16.3. The van der Waals surface area contributed by atoms with Crippen LogP contribution in [-0.4, -0.2) is 26.2 Å². The molecule has 0 bridgehead atoms. The molecule has 0 amide bonds. The van der Waals surface area contributed by atoms with Gasteiger partial charge in [0.05, 0.1) is 11.1 Å². The van der Waals surface area contributed by atoms with Gasteiger partial charge in [-0.25, -0.2) is 0 Å². The molecule has 2 rings (SSSR count). The smallest absolute Gasteiger partial charge is 0.288 e. The molecule has 22 heavy (non-hydrogen) atoms. The number of nitrogens with zero attached hydrogens (tertiary/aromatic N) is 4. The van der Waals surface area contributed by atoms with Gasteiger partial charge in [-0.3, -0.25) is 19.5 Å². The van der Waals surface area contributed by atoms with Gasteiger partial charge in [0.25, 0.3) is 11.2 Å². The fourth-order valence-corrected chi connectivity index (χ4v) is 1.94. The van der Waals surface area contributed by atoms with Gasteiger partial charge in [-0.1, -0.05) is 5.16 Å². The first-order valence-electron chi connectivity index (χ1n) is 6.72. The van der Waals surface area contributed by atoms with Crippen molar-refractivity contribution in [3.63, 3.8) is 0 Å². The number of hydrogen-bond donors (Lipinski definition) is 0. The average molecular weight is 308 g/mol. The van der Waals surface area contributed by atoms with E-state index in [-0.39, 0.29) is 29.8 Å². The number of aromatic nitrogens is 3. The molecule has 9 nitrogen and oxygen atoms in total. The van der Waals surface area contributed by atoms with Crippen LogP contribution in [0.5, 0.6) is 0 Å². The Kier molecular flexibility index (Phi) is 4.66. The molecule has 118 valence electrons. The molecule has 2 aromatic heterocycles. The van der Waals surface area contributed by atoms with Gasteiger partial charge >= 0.3 is 0 Å². The van der Waals surface area contributed by atoms with E-state index in [1.807, 2.05) is 6.92 Å². The number of hydrogen-bond acceptors (Lipinski definition) is 7. The predicted octanol–water partition coefficient (Wildman–Crippen LogP) is 1.59. The highest BCUT2D eigenvalue weighted by atomic mass is 16.6. The molecule has 0 saturated carbocycles. The van der Waals surface area contributed by atoms with E-state index < -0.39 is 4.92 Å². The van der Waals surface area contributed by atoms with Crippen LogP contribution in [0.25, 0.3) is 0 Å². The van der Waals surface area contributed by atoms with Gasteiger partial charge in [-0.15, -0.1) is 0 Å². The van der Waals surface area contributed by atoms with Gasteiger partial charge in [0, 0.05) is 18.2 Å². The highest BCUT2D eigenvalue weighted by molar-refractivity contribution is 5.35. The fraction of sp³-hybridized carbons (Fsp3) is 0.462. The molecule has 0 N–H and O–H groups in total. The van der Waals surface area contributed by atoms with E-state index in [9.17, 15) is 14.9 Å². The Balaban J connectivity index is 2.26. The van der Waals surface area contributed by atoms with Crippen molar-refractivity contribution in [1.82, 2.24) is 14.7 Å². The van der Waals surface area contributed by atoms with Crippen molar-refractivity contribution < 1.29 is 14.2 Å². The first-order chi connectivity index (χ1) is 10.4. The summed E-state index contributed by atoms with van der Waals surface area (Å²) >= 11 is 0. The number of ether oxygens (including phenoxy) is 1. The third kappa shape index (κ3) is 3.37. The zero-order valence-electron chi connectivity index (χ0n) is 12.5. The minimum absolute atomic E-state index is 0.0359. The second kappa shape index (κ2) is 6.48. The lowest BCUT2D eigenvalue weighted by atomic mass is 10.2. The van der Waals surface area contributed by atoms with Crippen LogP contribution in [0.2, 0.25) is 0 Å². The highest BCUT2D eigenvalue weighted by Crippen LogP contribution is 2.16. The first-order valence-corrected chi connectivity index (χ1v) is 6.72. The van der Waals surface area contributed by atoms with Crippen LogP contribution in [-0.2, 0) is 11.3 Å². The summed E-state index contributed by atoms with van der Waals surface area (Å²) in [7, 11) is 0. The summed E-state index contributed by atoms with van der Waals surface area (Å²) in [6.07, 6.45) is 0.847. The topological polar surface area (TPSA) is 113 Å². The minimum Gasteiger partial charge on any atom is -0.371 e. The van der Waals surface area contributed by atoms with Gasteiger partial charge < -0.3 is 9.26 Å². The average Bonchev–Trinajstić information content (AvgIpc) is 2.90. The Morgan fingerprint density at radius 2 is 2.27 bits per heavy atom. The minimum atomic E-state index is -0.540. The molecule has 1 unspecified atom stereocenters. The number of pyridine rings is 1. The monoisotopic (exact) mass is 308 g/mol. The number of rotatable bonds is 6. The summed E-state index contributed by atoms with van der Waals surface area (Å²) in [6, 6.07) is 1.21. The van der Waals surface area contributed by atoms with Gasteiger partial charge in [0.2, 0.25) is 5.89 Å². The summed E-state index contributed by atoms with van der Waals surface area (Å²) in [4.78, 5) is 26.4. The maximum atomic E-state index is 11.9.